The van der Waals surface area contributed by atoms with Gasteiger partial charge >= 0.3 is 6.03 Å². The number of benzene rings is 1. The molecule has 0 saturated carbocycles. The van der Waals surface area contributed by atoms with E-state index in [0.717, 1.165) is 17.4 Å². The van der Waals surface area contributed by atoms with Crippen molar-refractivity contribution in [3.63, 3.8) is 0 Å². The average molecular weight is 301 g/mol. The Morgan fingerprint density at radius 2 is 2.27 bits per heavy atom. The molecule has 22 heavy (non-hydrogen) atoms. The van der Waals surface area contributed by atoms with Gasteiger partial charge in [0.25, 0.3) is 0 Å². The maximum absolute atomic E-state index is 12.4. The summed E-state index contributed by atoms with van der Waals surface area (Å²) in [5.74, 6) is 0.577. The third-order valence-electron chi connectivity index (χ3n) is 3.87. The minimum absolute atomic E-state index is 0.172. The fourth-order valence-electron chi connectivity index (χ4n) is 2.75. The Morgan fingerprint density at radius 3 is 2.91 bits per heavy atom. The van der Waals surface area contributed by atoms with Crippen LogP contribution < -0.4 is 9.42 Å². The van der Waals surface area contributed by atoms with E-state index >= 15 is 0 Å². The quantitative estimate of drug-likeness (QED) is 0.600. The van der Waals surface area contributed by atoms with Crippen LogP contribution in [0.2, 0.25) is 0 Å². The number of ether oxygens (including phenoxy) is 1. The third-order valence-corrected chi connectivity index (χ3v) is 3.87. The molecule has 7 nitrogen and oxygen atoms in total. The smallest absolute Gasteiger partial charge is 0.436 e. The van der Waals surface area contributed by atoms with Crippen molar-refractivity contribution in [2.45, 2.75) is 13.0 Å². The molecule has 0 bridgehead atoms. The highest BCUT2D eigenvalue weighted by molar-refractivity contribution is 5.83. The summed E-state index contributed by atoms with van der Waals surface area (Å²) < 4.78 is 8.11. The lowest BCUT2D eigenvalue weighted by molar-refractivity contribution is -0.731. The summed E-state index contributed by atoms with van der Waals surface area (Å²) in [5, 5.41) is 4.07. The fourth-order valence-corrected chi connectivity index (χ4v) is 2.75. The van der Waals surface area contributed by atoms with Gasteiger partial charge in [-0.3, -0.25) is 9.69 Å². The third kappa shape index (κ3) is 2.34. The minimum atomic E-state index is -0.172. The first-order valence-corrected chi connectivity index (χ1v) is 6.99. The van der Waals surface area contributed by atoms with Crippen molar-refractivity contribution in [2.24, 2.45) is 7.05 Å². The number of hydrogen-bond donors (Lipinski definition) is 0. The lowest BCUT2D eigenvalue weighted by Crippen LogP contribution is -2.41. The molecule has 0 spiro atoms. The zero-order valence-electron chi connectivity index (χ0n) is 12.5. The van der Waals surface area contributed by atoms with Crippen molar-refractivity contribution in [1.29, 1.82) is 0 Å². The molecule has 0 N–H and O–H groups in total. The molecular weight excluding hydrogens is 284 g/mol. The van der Waals surface area contributed by atoms with Gasteiger partial charge in [-0.25, -0.2) is 4.79 Å². The van der Waals surface area contributed by atoms with E-state index in [9.17, 15) is 9.59 Å². The summed E-state index contributed by atoms with van der Waals surface area (Å²) in [4.78, 5) is 25.5. The molecule has 2 aromatic rings. The van der Waals surface area contributed by atoms with Crippen LogP contribution >= 0.6 is 0 Å². The van der Waals surface area contributed by atoms with Gasteiger partial charge < -0.3 is 4.74 Å². The molecule has 114 valence electrons. The lowest BCUT2D eigenvalue weighted by Gasteiger charge is -2.27. The Kier molecular flexibility index (Phi) is 3.62. The summed E-state index contributed by atoms with van der Waals surface area (Å²) in [5.41, 5.74) is 2.51. The van der Waals surface area contributed by atoms with Crippen LogP contribution in [0.3, 0.4) is 0 Å². The van der Waals surface area contributed by atoms with Gasteiger partial charge in [-0.05, 0) is 28.3 Å². The number of carbonyl (C=O) groups excluding carboxylic acids is 2. The molecule has 1 aliphatic heterocycles. The van der Waals surface area contributed by atoms with E-state index in [1.807, 2.05) is 6.07 Å². The molecule has 0 fully saturated rings. The molecule has 7 heteroatoms. The van der Waals surface area contributed by atoms with Crippen molar-refractivity contribution >= 4 is 12.3 Å². The second-order valence-corrected chi connectivity index (χ2v) is 5.20. The summed E-state index contributed by atoms with van der Waals surface area (Å²) in [6.07, 6.45) is 4.79. The monoisotopic (exact) mass is 301 g/mol. The fraction of sp³-hybridized carbons (Fsp3) is 0.333. The number of aryl methyl sites for hydroxylation is 1. The van der Waals surface area contributed by atoms with Crippen molar-refractivity contribution in [2.75, 3.05) is 13.7 Å². The van der Waals surface area contributed by atoms with Gasteiger partial charge in [0, 0.05) is 13.1 Å². The first-order chi connectivity index (χ1) is 10.6. The number of aldehydes is 1. The SMILES string of the molecule is COc1ccc2c(c1C=O)CCN(C(=O)n1cc[n+](C)n1)C2. The number of fused-ring (bicyclic) bond motifs is 1. The number of amides is 1. The number of aromatic nitrogens is 3. The molecule has 1 aliphatic rings. The largest absolute Gasteiger partial charge is 0.496 e. The average Bonchev–Trinajstić information content (AvgIpc) is 2.98. The van der Waals surface area contributed by atoms with Gasteiger partial charge in [-0.1, -0.05) is 6.07 Å². The summed E-state index contributed by atoms with van der Waals surface area (Å²) >= 11 is 0. The second-order valence-electron chi connectivity index (χ2n) is 5.20. The summed E-state index contributed by atoms with van der Waals surface area (Å²) in [6.45, 7) is 1.01. The van der Waals surface area contributed by atoms with E-state index < -0.39 is 0 Å². The number of rotatable bonds is 2. The van der Waals surface area contributed by atoms with Crippen LogP contribution in [0.1, 0.15) is 21.5 Å². The van der Waals surface area contributed by atoms with E-state index in [2.05, 4.69) is 5.21 Å². The second kappa shape index (κ2) is 5.59. The Hall–Kier alpha value is -2.70. The number of methoxy groups -OCH3 is 1. The first kappa shape index (κ1) is 14.2. The molecule has 0 atom stereocenters. The van der Waals surface area contributed by atoms with Crippen LogP contribution in [0, 0.1) is 0 Å². The van der Waals surface area contributed by atoms with E-state index in [1.54, 1.807) is 42.2 Å². The van der Waals surface area contributed by atoms with Crippen LogP contribution in [0.5, 0.6) is 5.75 Å². The van der Waals surface area contributed by atoms with Gasteiger partial charge in [0.2, 0.25) is 0 Å². The number of hydrogen-bond acceptors (Lipinski definition) is 4. The van der Waals surface area contributed by atoms with Crippen LogP contribution in [0.15, 0.2) is 24.5 Å². The molecule has 0 radical (unpaired) electrons. The van der Waals surface area contributed by atoms with Gasteiger partial charge in [-0.2, -0.15) is 0 Å². The maximum Gasteiger partial charge on any atom is 0.436 e. The Balaban J connectivity index is 1.88. The zero-order chi connectivity index (χ0) is 15.7. The standard InChI is InChI=1S/C15H17N4O3/c1-17-7-8-19(16-17)15(21)18-6-5-12-11(9-18)3-4-14(22-2)13(12)10-20/h3-4,7-8,10H,5-6,9H2,1-2H3/q+1. The van der Waals surface area contributed by atoms with Crippen molar-refractivity contribution in [3.8, 4) is 5.75 Å². The normalized spacial score (nSPS) is 13.6. The summed E-state index contributed by atoms with van der Waals surface area (Å²) in [7, 11) is 3.31. The highest BCUT2D eigenvalue weighted by atomic mass is 16.5. The molecule has 1 aromatic heterocycles. The Bertz CT molecular complexity index is 738. The highest BCUT2D eigenvalue weighted by Crippen LogP contribution is 2.28. The predicted molar refractivity (Wildman–Crippen MR) is 76.7 cm³/mol. The van der Waals surface area contributed by atoms with E-state index in [-0.39, 0.29) is 6.03 Å². The van der Waals surface area contributed by atoms with Crippen LogP contribution in [0.4, 0.5) is 4.79 Å². The molecule has 3 rings (SSSR count). The zero-order valence-corrected chi connectivity index (χ0v) is 12.5. The van der Waals surface area contributed by atoms with Crippen LogP contribution in [0.25, 0.3) is 0 Å². The van der Waals surface area contributed by atoms with E-state index in [4.69, 9.17) is 4.74 Å². The Labute approximate surface area is 127 Å². The number of carbonyl (C=O) groups is 2. The summed E-state index contributed by atoms with van der Waals surface area (Å²) in [6, 6.07) is 3.50. The molecule has 0 saturated heterocycles. The van der Waals surface area contributed by atoms with Crippen molar-refractivity contribution < 1.29 is 19.0 Å². The minimum Gasteiger partial charge on any atom is -0.496 e. The van der Waals surface area contributed by atoms with Gasteiger partial charge in [-0.15, -0.1) is 4.68 Å². The van der Waals surface area contributed by atoms with E-state index in [0.29, 0.717) is 30.8 Å². The Morgan fingerprint density at radius 1 is 1.45 bits per heavy atom. The van der Waals surface area contributed by atoms with E-state index in [1.165, 1.54) is 4.68 Å². The maximum atomic E-state index is 12.4. The van der Waals surface area contributed by atoms with Crippen molar-refractivity contribution in [3.05, 3.63) is 41.2 Å². The predicted octanol–water partition coefficient (Wildman–Crippen LogP) is 0.555. The molecule has 0 unspecified atom stereocenters. The first-order valence-electron chi connectivity index (χ1n) is 6.99. The van der Waals surface area contributed by atoms with Gasteiger partial charge in [0.05, 0.1) is 17.9 Å². The molecule has 0 aliphatic carbocycles. The topological polar surface area (TPSA) is 68.3 Å². The highest BCUT2D eigenvalue weighted by Gasteiger charge is 2.28. The molecule has 1 aromatic carbocycles. The van der Waals surface area contributed by atoms with Crippen LogP contribution in [-0.2, 0) is 20.0 Å². The van der Waals surface area contributed by atoms with Gasteiger partial charge in [0.15, 0.2) is 18.7 Å². The molecule has 2 heterocycles. The lowest BCUT2D eigenvalue weighted by atomic mass is 9.94. The van der Waals surface area contributed by atoms with Gasteiger partial charge in [0.1, 0.15) is 12.8 Å². The molecule has 1 amide bonds. The molecular formula is C15H17N4O3+. The number of nitrogens with zero attached hydrogens (tertiary/aromatic N) is 4. The van der Waals surface area contributed by atoms with Crippen LogP contribution in [-0.4, -0.2) is 40.8 Å². The van der Waals surface area contributed by atoms with Crippen molar-refractivity contribution in [1.82, 2.24) is 14.8 Å².